The van der Waals surface area contributed by atoms with Crippen LogP contribution in [-0.4, -0.2) is 11.1 Å². The Bertz CT molecular complexity index is 581. The molecule has 0 heterocycles. The van der Waals surface area contributed by atoms with E-state index in [9.17, 15) is 9.18 Å². The van der Waals surface area contributed by atoms with Crippen LogP contribution in [0.3, 0.4) is 0 Å². The second-order valence-corrected chi connectivity index (χ2v) is 4.58. The summed E-state index contributed by atoms with van der Waals surface area (Å²) >= 11 is 0. The molecule has 3 nitrogen and oxygen atoms in total. The molecule has 20 heavy (non-hydrogen) atoms. The highest BCUT2D eigenvalue weighted by Crippen LogP contribution is 2.08. The molecule has 0 atom stereocenters. The van der Waals surface area contributed by atoms with Gasteiger partial charge in [-0.3, -0.25) is 4.79 Å². The van der Waals surface area contributed by atoms with E-state index in [1.165, 1.54) is 6.07 Å². The van der Waals surface area contributed by atoms with Crippen LogP contribution in [0.15, 0.2) is 48.5 Å². The van der Waals surface area contributed by atoms with E-state index in [0.29, 0.717) is 18.7 Å². The molecule has 0 spiro atoms. The molecule has 0 saturated heterocycles. The van der Waals surface area contributed by atoms with Gasteiger partial charge in [-0.1, -0.05) is 42.5 Å². The average molecular weight is 273 g/mol. The third-order valence-corrected chi connectivity index (χ3v) is 2.98. The highest BCUT2D eigenvalue weighted by Gasteiger charge is 2.02. The van der Waals surface area contributed by atoms with Gasteiger partial charge in [-0.15, -0.1) is 0 Å². The van der Waals surface area contributed by atoms with Crippen molar-refractivity contribution in [2.24, 2.45) is 0 Å². The smallest absolute Gasteiger partial charge is 0.307 e. The fourth-order valence-electron chi connectivity index (χ4n) is 1.93. The summed E-state index contributed by atoms with van der Waals surface area (Å²) in [4.78, 5) is 10.6. The van der Waals surface area contributed by atoms with Crippen LogP contribution in [0.4, 0.5) is 4.39 Å². The molecule has 0 aliphatic rings. The third kappa shape index (κ3) is 4.17. The molecule has 2 rings (SSSR count). The van der Waals surface area contributed by atoms with E-state index in [1.54, 1.807) is 30.3 Å². The molecular weight excluding hydrogens is 257 g/mol. The van der Waals surface area contributed by atoms with Crippen LogP contribution in [0.5, 0.6) is 0 Å². The van der Waals surface area contributed by atoms with E-state index < -0.39 is 5.97 Å². The molecule has 0 aromatic heterocycles. The van der Waals surface area contributed by atoms with Crippen molar-refractivity contribution in [3.8, 4) is 0 Å². The van der Waals surface area contributed by atoms with Crippen molar-refractivity contribution in [3.05, 3.63) is 71.0 Å². The predicted molar refractivity (Wildman–Crippen MR) is 74.7 cm³/mol. The number of rotatable bonds is 6. The molecule has 0 unspecified atom stereocenters. The number of aliphatic carboxylic acids is 1. The molecule has 2 aromatic carbocycles. The zero-order valence-corrected chi connectivity index (χ0v) is 11.0. The molecular formula is C16H16FNO2. The minimum Gasteiger partial charge on any atom is -0.481 e. The summed E-state index contributed by atoms with van der Waals surface area (Å²) in [5.74, 6) is -1.05. The maximum absolute atomic E-state index is 13.4. The number of carboxylic acid groups (broad SMARTS) is 1. The van der Waals surface area contributed by atoms with Crippen molar-refractivity contribution in [1.29, 1.82) is 0 Å². The summed E-state index contributed by atoms with van der Waals surface area (Å²) in [6.45, 7) is 1.07. The molecule has 104 valence electrons. The lowest BCUT2D eigenvalue weighted by Gasteiger charge is -2.06. The monoisotopic (exact) mass is 273 g/mol. The molecule has 0 radical (unpaired) electrons. The first-order valence-corrected chi connectivity index (χ1v) is 6.39. The van der Waals surface area contributed by atoms with Crippen LogP contribution in [0.25, 0.3) is 0 Å². The number of carbonyl (C=O) groups is 1. The Balaban J connectivity index is 1.85. The van der Waals surface area contributed by atoms with Crippen LogP contribution in [0.2, 0.25) is 0 Å². The lowest BCUT2D eigenvalue weighted by molar-refractivity contribution is -0.136. The number of hydrogen-bond donors (Lipinski definition) is 2. The summed E-state index contributed by atoms with van der Waals surface area (Å²) in [6, 6.07) is 14.0. The topological polar surface area (TPSA) is 49.3 Å². The fourth-order valence-corrected chi connectivity index (χ4v) is 1.93. The normalized spacial score (nSPS) is 10.4. The largest absolute Gasteiger partial charge is 0.481 e. The molecule has 0 amide bonds. The summed E-state index contributed by atoms with van der Waals surface area (Å²) in [6.07, 6.45) is 0.0307. The highest BCUT2D eigenvalue weighted by molar-refractivity contribution is 5.70. The fraction of sp³-hybridized carbons (Fsp3) is 0.188. The molecule has 0 aliphatic heterocycles. The lowest BCUT2D eigenvalue weighted by atomic mass is 10.1. The summed E-state index contributed by atoms with van der Waals surface area (Å²) in [5.41, 5.74) is 2.45. The summed E-state index contributed by atoms with van der Waals surface area (Å²) < 4.78 is 13.4. The molecule has 0 bridgehead atoms. The Kier molecular flexibility index (Phi) is 4.85. The van der Waals surface area contributed by atoms with Crippen LogP contribution >= 0.6 is 0 Å². The van der Waals surface area contributed by atoms with Gasteiger partial charge in [0.1, 0.15) is 5.82 Å². The zero-order chi connectivity index (χ0) is 14.4. The minimum absolute atomic E-state index is 0.0307. The van der Waals surface area contributed by atoms with Gasteiger partial charge in [-0.05, 0) is 17.2 Å². The number of hydrogen-bond acceptors (Lipinski definition) is 2. The lowest BCUT2D eigenvalue weighted by Crippen LogP contribution is -2.13. The van der Waals surface area contributed by atoms with E-state index in [-0.39, 0.29) is 12.2 Å². The van der Waals surface area contributed by atoms with E-state index in [2.05, 4.69) is 5.32 Å². The minimum atomic E-state index is -0.838. The maximum atomic E-state index is 13.4. The van der Waals surface area contributed by atoms with Gasteiger partial charge in [0.15, 0.2) is 0 Å². The van der Waals surface area contributed by atoms with Crippen molar-refractivity contribution in [2.45, 2.75) is 19.5 Å². The summed E-state index contributed by atoms with van der Waals surface area (Å²) in [5, 5.41) is 11.8. The average Bonchev–Trinajstić information content (AvgIpc) is 2.42. The second-order valence-electron chi connectivity index (χ2n) is 4.58. The molecule has 0 saturated carbocycles. The van der Waals surface area contributed by atoms with E-state index in [4.69, 9.17) is 5.11 Å². The Labute approximate surface area is 117 Å². The quantitative estimate of drug-likeness (QED) is 0.851. The Morgan fingerprint density at radius 2 is 1.65 bits per heavy atom. The molecule has 4 heteroatoms. The molecule has 0 fully saturated rings. The molecule has 0 aliphatic carbocycles. The first-order valence-electron chi connectivity index (χ1n) is 6.39. The maximum Gasteiger partial charge on any atom is 0.307 e. The van der Waals surface area contributed by atoms with Crippen molar-refractivity contribution < 1.29 is 14.3 Å². The predicted octanol–water partition coefficient (Wildman–Crippen LogP) is 2.74. The van der Waals surface area contributed by atoms with Crippen molar-refractivity contribution in [1.82, 2.24) is 5.32 Å². The number of benzene rings is 2. The van der Waals surface area contributed by atoms with Crippen LogP contribution in [0.1, 0.15) is 16.7 Å². The summed E-state index contributed by atoms with van der Waals surface area (Å²) in [7, 11) is 0. The first-order chi connectivity index (χ1) is 9.65. The standard InChI is InChI=1S/C16H16FNO2/c17-15-4-2-1-3-14(15)11-18-10-13-7-5-12(6-8-13)9-16(19)20/h1-8,18H,9-11H2,(H,19,20). The van der Waals surface area contributed by atoms with Crippen LogP contribution < -0.4 is 5.32 Å². The van der Waals surface area contributed by atoms with Gasteiger partial charge < -0.3 is 10.4 Å². The number of halogens is 1. The van der Waals surface area contributed by atoms with Gasteiger partial charge in [0.05, 0.1) is 6.42 Å². The zero-order valence-electron chi connectivity index (χ0n) is 11.0. The second kappa shape index (κ2) is 6.82. The highest BCUT2D eigenvalue weighted by atomic mass is 19.1. The van der Waals surface area contributed by atoms with Gasteiger partial charge >= 0.3 is 5.97 Å². The first kappa shape index (κ1) is 14.2. The molecule has 2 aromatic rings. The van der Waals surface area contributed by atoms with E-state index in [1.807, 2.05) is 12.1 Å². The van der Waals surface area contributed by atoms with Gasteiger partial charge in [0.25, 0.3) is 0 Å². The molecule has 2 N–H and O–H groups in total. The van der Waals surface area contributed by atoms with Gasteiger partial charge in [0.2, 0.25) is 0 Å². The Morgan fingerprint density at radius 3 is 2.30 bits per heavy atom. The van der Waals surface area contributed by atoms with Gasteiger partial charge in [-0.2, -0.15) is 0 Å². The van der Waals surface area contributed by atoms with E-state index in [0.717, 1.165) is 11.1 Å². The van der Waals surface area contributed by atoms with Gasteiger partial charge in [-0.25, -0.2) is 4.39 Å². The number of carboxylic acids is 1. The van der Waals surface area contributed by atoms with Crippen molar-refractivity contribution in [2.75, 3.05) is 0 Å². The van der Waals surface area contributed by atoms with E-state index >= 15 is 0 Å². The van der Waals surface area contributed by atoms with Crippen molar-refractivity contribution >= 4 is 5.97 Å². The van der Waals surface area contributed by atoms with Gasteiger partial charge in [0, 0.05) is 18.7 Å². The number of nitrogens with one attached hydrogen (secondary N) is 1. The van der Waals surface area contributed by atoms with Crippen LogP contribution in [0, 0.1) is 5.82 Å². The third-order valence-electron chi connectivity index (χ3n) is 2.98. The van der Waals surface area contributed by atoms with Crippen LogP contribution in [-0.2, 0) is 24.3 Å². The Morgan fingerprint density at radius 1 is 1.00 bits per heavy atom. The van der Waals surface area contributed by atoms with Crippen molar-refractivity contribution in [3.63, 3.8) is 0 Å². The SMILES string of the molecule is O=C(O)Cc1ccc(CNCc2ccccc2F)cc1. The Hall–Kier alpha value is -2.20.